The van der Waals surface area contributed by atoms with Crippen LogP contribution in [0.3, 0.4) is 0 Å². The number of imidazole rings is 1. The Kier molecular flexibility index (Phi) is 2.97. The van der Waals surface area contributed by atoms with E-state index in [0.29, 0.717) is 17.4 Å². The van der Waals surface area contributed by atoms with Crippen LogP contribution in [0, 0.1) is 0 Å². The number of hydrogen-bond acceptors (Lipinski definition) is 4. The molecule has 0 fully saturated rings. The van der Waals surface area contributed by atoms with Crippen molar-refractivity contribution >= 4 is 34.0 Å². The minimum Gasteiger partial charge on any atom is -0.396 e. The van der Waals surface area contributed by atoms with Gasteiger partial charge in [0.15, 0.2) is 0 Å². The summed E-state index contributed by atoms with van der Waals surface area (Å²) in [5.41, 5.74) is 10.2. The summed E-state index contributed by atoms with van der Waals surface area (Å²) in [6, 6.07) is 7.71. The molecule has 0 saturated carbocycles. The number of nitrogens with one attached hydrogen (secondary N) is 2. The lowest BCUT2D eigenvalue weighted by Crippen LogP contribution is -2.03. The number of rotatable bonds is 3. The predicted molar refractivity (Wildman–Crippen MR) is 77.1 cm³/mol. The Morgan fingerprint density at radius 3 is 3.11 bits per heavy atom. The zero-order chi connectivity index (χ0) is 13.2. The SMILES string of the molecule is Nc1cnc(Cl)cc1NCc1cccc2[nH]cnc12. The summed E-state index contributed by atoms with van der Waals surface area (Å²) in [5, 5.41) is 3.66. The fraction of sp³-hybridized carbons (Fsp3) is 0.0769. The number of hydrogen-bond donors (Lipinski definition) is 3. The standard InChI is InChI=1S/C13H12ClN5/c14-12-4-11(9(15)6-17-12)16-5-8-2-1-3-10-13(8)19-7-18-10/h1-4,6-7H,5,15H2,(H,16,17)(H,18,19). The molecule has 0 radical (unpaired) electrons. The number of halogens is 1. The summed E-state index contributed by atoms with van der Waals surface area (Å²) < 4.78 is 0. The second-order valence-electron chi connectivity index (χ2n) is 4.16. The largest absolute Gasteiger partial charge is 0.396 e. The van der Waals surface area contributed by atoms with E-state index in [4.69, 9.17) is 17.3 Å². The number of benzene rings is 1. The molecule has 3 rings (SSSR count). The van der Waals surface area contributed by atoms with Gasteiger partial charge in [-0.1, -0.05) is 23.7 Å². The van der Waals surface area contributed by atoms with Gasteiger partial charge in [0, 0.05) is 12.6 Å². The molecule has 2 heterocycles. The predicted octanol–water partition coefficient (Wildman–Crippen LogP) is 2.81. The smallest absolute Gasteiger partial charge is 0.131 e. The molecule has 4 N–H and O–H groups in total. The fourth-order valence-electron chi connectivity index (χ4n) is 1.95. The third-order valence-corrected chi connectivity index (χ3v) is 3.11. The Morgan fingerprint density at radius 2 is 2.21 bits per heavy atom. The summed E-state index contributed by atoms with van der Waals surface area (Å²) in [6.07, 6.45) is 3.23. The van der Waals surface area contributed by atoms with E-state index in [1.807, 2.05) is 18.2 Å². The number of nitrogen functional groups attached to an aromatic ring is 1. The second-order valence-corrected chi connectivity index (χ2v) is 4.55. The minimum atomic E-state index is 0.412. The van der Waals surface area contributed by atoms with Crippen LogP contribution in [-0.4, -0.2) is 15.0 Å². The summed E-state index contributed by atoms with van der Waals surface area (Å²) >= 11 is 5.85. The van der Waals surface area contributed by atoms with Crippen molar-refractivity contribution < 1.29 is 0 Å². The Balaban J connectivity index is 1.86. The number of nitrogens with zero attached hydrogens (tertiary/aromatic N) is 2. The average molecular weight is 274 g/mol. The van der Waals surface area contributed by atoms with E-state index in [1.54, 1.807) is 18.6 Å². The molecule has 19 heavy (non-hydrogen) atoms. The van der Waals surface area contributed by atoms with Crippen LogP contribution in [0.5, 0.6) is 0 Å². The molecule has 5 nitrogen and oxygen atoms in total. The third-order valence-electron chi connectivity index (χ3n) is 2.90. The minimum absolute atomic E-state index is 0.412. The molecule has 0 aliphatic rings. The van der Waals surface area contributed by atoms with E-state index in [9.17, 15) is 0 Å². The molecule has 96 valence electrons. The highest BCUT2D eigenvalue weighted by Gasteiger charge is 2.05. The van der Waals surface area contributed by atoms with E-state index in [-0.39, 0.29) is 0 Å². The molecule has 0 unspecified atom stereocenters. The van der Waals surface area contributed by atoms with Crippen LogP contribution < -0.4 is 11.1 Å². The Bertz CT molecular complexity index is 722. The van der Waals surface area contributed by atoms with Crippen molar-refractivity contribution in [2.75, 3.05) is 11.1 Å². The lowest BCUT2D eigenvalue weighted by Gasteiger charge is -2.09. The number of fused-ring (bicyclic) bond motifs is 1. The summed E-state index contributed by atoms with van der Waals surface area (Å²) in [7, 11) is 0. The topological polar surface area (TPSA) is 79.6 Å². The number of para-hydroxylation sites is 1. The van der Waals surface area contributed by atoms with Crippen LogP contribution in [0.25, 0.3) is 11.0 Å². The molecule has 0 amide bonds. The fourth-order valence-corrected chi connectivity index (χ4v) is 2.11. The Labute approximate surface area is 114 Å². The lowest BCUT2D eigenvalue weighted by molar-refractivity contribution is 1.15. The van der Waals surface area contributed by atoms with Gasteiger partial charge in [0.1, 0.15) is 5.15 Å². The molecular weight excluding hydrogens is 262 g/mol. The van der Waals surface area contributed by atoms with E-state index < -0.39 is 0 Å². The quantitative estimate of drug-likeness (QED) is 0.641. The van der Waals surface area contributed by atoms with Gasteiger partial charge in [0.2, 0.25) is 0 Å². The van der Waals surface area contributed by atoms with E-state index in [1.165, 1.54) is 0 Å². The molecule has 3 aromatic rings. The van der Waals surface area contributed by atoms with Gasteiger partial charge in [-0.05, 0) is 11.6 Å². The normalized spacial score (nSPS) is 10.8. The molecule has 0 aliphatic heterocycles. The molecule has 0 spiro atoms. The lowest BCUT2D eigenvalue weighted by atomic mass is 10.2. The van der Waals surface area contributed by atoms with Gasteiger partial charge in [-0.2, -0.15) is 0 Å². The maximum atomic E-state index is 5.85. The maximum absolute atomic E-state index is 5.85. The first-order chi connectivity index (χ1) is 9.24. The highest BCUT2D eigenvalue weighted by molar-refractivity contribution is 6.29. The average Bonchev–Trinajstić information content (AvgIpc) is 2.88. The number of anilines is 2. The van der Waals surface area contributed by atoms with Gasteiger partial charge >= 0.3 is 0 Å². The molecule has 2 aromatic heterocycles. The van der Waals surface area contributed by atoms with Crippen molar-refractivity contribution in [1.29, 1.82) is 0 Å². The molecule has 0 aliphatic carbocycles. The zero-order valence-corrected chi connectivity index (χ0v) is 10.8. The number of pyridine rings is 1. The van der Waals surface area contributed by atoms with Crippen LogP contribution in [0.15, 0.2) is 36.8 Å². The maximum Gasteiger partial charge on any atom is 0.131 e. The van der Waals surface area contributed by atoms with E-state index >= 15 is 0 Å². The van der Waals surface area contributed by atoms with Crippen LogP contribution in [0.4, 0.5) is 11.4 Å². The molecule has 0 bridgehead atoms. The van der Waals surface area contributed by atoms with Crippen LogP contribution in [-0.2, 0) is 6.54 Å². The van der Waals surface area contributed by atoms with Crippen molar-refractivity contribution in [3.63, 3.8) is 0 Å². The molecule has 0 atom stereocenters. The number of H-pyrrole nitrogens is 1. The van der Waals surface area contributed by atoms with Crippen molar-refractivity contribution in [3.05, 3.63) is 47.5 Å². The molecule has 0 saturated heterocycles. The van der Waals surface area contributed by atoms with Gasteiger partial charge in [0.25, 0.3) is 0 Å². The highest BCUT2D eigenvalue weighted by Crippen LogP contribution is 2.22. The van der Waals surface area contributed by atoms with Gasteiger partial charge < -0.3 is 16.0 Å². The molecule has 6 heteroatoms. The first-order valence-electron chi connectivity index (χ1n) is 5.80. The van der Waals surface area contributed by atoms with Gasteiger partial charge in [-0.3, -0.25) is 0 Å². The Hall–Kier alpha value is -2.27. The van der Waals surface area contributed by atoms with Gasteiger partial charge in [0.05, 0.1) is 34.9 Å². The van der Waals surface area contributed by atoms with E-state index in [0.717, 1.165) is 22.3 Å². The first-order valence-corrected chi connectivity index (χ1v) is 6.18. The van der Waals surface area contributed by atoms with Crippen molar-refractivity contribution in [3.8, 4) is 0 Å². The molecular formula is C13H12ClN5. The van der Waals surface area contributed by atoms with E-state index in [2.05, 4.69) is 20.3 Å². The summed E-state index contributed by atoms with van der Waals surface area (Å²) in [5.74, 6) is 0. The van der Waals surface area contributed by atoms with Crippen molar-refractivity contribution in [2.45, 2.75) is 6.54 Å². The summed E-state index contributed by atoms with van der Waals surface area (Å²) in [6.45, 7) is 0.618. The van der Waals surface area contributed by atoms with Crippen LogP contribution in [0.2, 0.25) is 5.15 Å². The number of nitrogens with two attached hydrogens (primary N) is 1. The van der Waals surface area contributed by atoms with Crippen molar-refractivity contribution in [1.82, 2.24) is 15.0 Å². The second kappa shape index (κ2) is 4.78. The monoisotopic (exact) mass is 273 g/mol. The summed E-state index contributed by atoms with van der Waals surface area (Å²) in [4.78, 5) is 11.3. The van der Waals surface area contributed by atoms with Crippen LogP contribution in [0.1, 0.15) is 5.56 Å². The van der Waals surface area contributed by atoms with Crippen LogP contribution >= 0.6 is 11.6 Å². The number of aromatic amines is 1. The first kappa shape index (κ1) is 11.8. The van der Waals surface area contributed by atoms with Gasteiger partial charge in [-0.15, -0.1) is 0 Å². The van der Waals surface area contributed by atoms with Crippen molar-refractivity contribution in [2.24, 2.45) is 0 Å². The highest BCUT2D eigenvalue weighted by atomic mass is 35.5. The zero-order valence-electron chi connectivity index (χ0n) is 10.0. The van der Waals surface area contributed by atoms with Gasteiger partial charge in [-0.25, -0.2) is 9.97 Å². The Morgan fingerprint density at radius 1 is 1.32 bits per heavy atom. The molecule has 1 aromatic carbocycles. The number of aromatic nitrogens is 3. The third kappa shape index (κ3) is 2.32.